The smallest absolute Gasteiger partial charge is 0.331 e. The third kappa shape index (κ3) is 6.91. The van der Waals surface area contributed by atoms with E-state index in [1.54, 1.807) is 29.0 Å². The number of carbonyl (C=O) groups excluding carboxylic acids is 2. The normalized spacial score (nSPS) is 13.7. The van der Waals surface area contributed by atoms with E-state index in [9.17, 15) is 9.59 Å². The zero-order chi connectivity index (χ0) is 26.4. The molecular weight excluding hydrogens is 515 g/mol. The summed E-state index contributed by atoms with van der Waals surface area (Å²) in [7, 11) is 0. The van der Waals surface area contributed by atoms with Crippen molar-refractivity contribution in [3.05, 3.63) is 81.1 Å². The molecule has 2 heterocycles. The van der Waals surface area contributed by atoms with Gasteiger partial charge < -0.3 is 19.7 Å². The Labute approximate surface area is 225 Å². The number of carbonyl (C=O) groups is 2. The van der Waals surface area contributed by atoms with E-state index in [0.29, 0.717) is 35.5 Å². The Morgan fingerprint density at radius 3 is 2.43 bits per heavy atom. The SMILES string of the molecule is Cc1nn(Cc2c(Cl)cccc2Cl)c(C)c1/C=C/C(=O)OCC(=O)Nc1ccc(N2CCOCC2)cc1. The van der Waals surface area contributed by atoms with E-state index in [-0.39, 0.29) is 0 Å². The van der Waals surface area contributed by atoms with E-state index in [1.807, 2.05) is 38.1 Å². The van der Waals surface area contributed by atoms with Crippen LogP contribution in [0.2, 0.25) is 10.0 Å². The highest BCUT2D eigenvalue weighted by atomic mass is 35.5. The quantitative estimate of drug-likeness (QED) is 0.322. The summed E-state index contributed by atoms with van der Waals surface area (Å²) in [6.07, 6.45) is 2.92. The summed E-state index contributed by atoms with van der Waals surface area (Å²) in [5.74, 6) is -1.05. The molecule has 1 aromatic heterocycles. The van der Waals surface area contributed by atoms with Crippen molar-refractivity contribution in [3.8, 4) is 0 Å². The van der Waals surface area contributed by atoms with Crippen molar-refractivity contribution in [1.82, 2.24) is 9.78 Å². The molecule has 0 atom stereocenters. The fourth-order valence-electron chi connectivity index (χ4n) is 4.05. The third-order valence-electron chi connectivity index (χ3n) is 6.07. The second-order valence-electron chi connectivity index (χ2n) is 8.58. The number of nitrogens with one attached hydrogen (secondary N) is 1. The topological polar surface area (TPSA) is 85.7 Å². The molecule has 4 rings (SSSR count). The first-order valence-corrected chi connectivity index (χ1v) is 12.6. The fraction of sp³-hybridized carbons (Fsp3) is 0.296. The van der Waals surface area contributed by atoms with E-state index in [4.69, 9.17) is 32.7 Å². The van der Waals surface area contributed by atoms with Gasteiger partial charge in [0.15, 0.2) is 6.61 Å². The maximum absolute atomic E-state index is 12.2. The number of aryl methyl sites for hydroxylation is 1. The number of anilines is 2. The van der Waals surface area contributed by atoms with Gasteiger partial charge in [-0.1, -0.05) is 29.3 Å². The summed E-state index contributed by atoms with van der Waals surface area (Å²) in [5.41, 5.74) is 4.84. The van der Waals surface area contributed by atoms with Gasteiger partial charge in [-0.2, -0.15) is 5.10 Å². The number of rotatable bonds is 8. The standard InChI is InChI=1S/C27H28Cl2N4O4/c1-18-22(19(2)33(31-18)16-23-24(28)4-3-5-25(23)29)10-11-27(35)37-17-26(34)30-20-6-8-21(9-7-20)32-12-14-36-15-13-32/h3-11H,12-17H2,1-2H3,(H,30,34)/b11-10+. The van der Waals surface area contributed by atoms with Crippen LogP contribution in [-0.2, 0) is 25.6 Å². The lowest BCUT2D eigenvalue weighted by atomic mass is 10.1. The van der Waals surface area contributed by atoms with Gasteiger partial charge in [-0.05, 0) is 56.3 Å². The molecule has 0 spiro atoms. The summed E-state index contributed by atoms with van der Waals surface area (Å²) < 4.78 is 12.3. The van der Waals surface area contributed by atoms with Gasteiger partial charge in [0, 0.05) is 57.4 Å². The number of benzene rings is 2. The van der Waals surface area contributed by atoms with Gasteiger partial charge in [0.25, 0.3) is 5.91 Å². The van der Waals surface area contributed by atoms with Crippen LogP contribution in [0.25, 0.3) is 6.08 Å². The molecule has 0 radical (unpaired) electrons. The number of morpholine rings is 1. The molecule has 194 valence electrons. The van der Waals surface area contributed by atoms with Crippen molar-refractivity contribution < 1.29 is 19.1 Å². The zero-order valence-corrected chi connectivity index (χ0v) is 22.2. The molecule has 2 aromatic carbocycles. The van der Waals surface area contributed by atoms with Gasteiger partial charge in [0.1, 0.15) is 0 Å². The maximum Gasteiger partial charge on any atom is 0.331 e. The summed E-state index contributed by atoms with van der Waals surface area (Å²) in [6, 6.07) is 12.9. The van der Waals surface area contributed by atoms with Crippen LogP contribution < -0.4 is 10.2 Å². The highest BCUT2D eigenvalue weighted by molar-refractivity contribution is 6.36. The highest BCUT2D eigenvalue weighted by Crippen LogP contribution is 2.26. The summed E-state index contributed by atoms with van der Waals surface area (Å²) >= 11 is 12.6. The molecule has 1 amide bonds. The Balaban J connectivity index is 1.29. The molecule has 0 aliphatic carbocycles. The van der Waals surface area contributed by atoms with Crippen molar-refractivity contribution in [2.24, 2.45) is 0 Å². The van der Waals surface area contributed by atoms with E-state index < -0.39 is 18.5 Å². The average Bonchev–Trinajstić information content (AvgIpc) is 3.16. The van der Waals surface area contributed by atoms with Crippen LogP contribution in [0.1, 0.15) is 22.5 Å². The number of esters is 1. The number of hydrogen-bond acceptors (Lipinski definition) is 6. The molecule has 1 N–H and O–H groups in total. The third-order valence-corrected chi connectivity index (χ3v) is 6.77. The molecule has 1 saturated heterocycles. The lowest BCUT2D eigenvalue weighted by Crippen LogP contribution is -2.36. The van der Waals surface area contributed by atoms with Crippen molar-refractivity contribution in [1.29, 1.82) is 0 Å². The predicted octanol–water partition coefficient (Wildman–Crippen LogP) is 4.89. The fourth-order valence-corrected chi connectivity index (χ4v) is 4.57. The Hall–Kier alpha value is -3.33. The van der Waals surface area contributed by atoms with Crippen LogP contribution in [0.15, 0.2) is 48.5 Å². The van der Waals surface area contributed by atoms with E-state index in [1.165, 1.54) is 6.08 Å². The number of aromatic nitrogens is 2. The lowest BCUT2D eigenvalue weighted by Gasteiger charge is -2.28. The lowest BCUT2D eigenvalue weighted by molar-refractivity contribution is -0.142. The van der Waals surface area contributed by atoms with E-state index in [0.717, 1.165) is 41.3 Å². The zero-order valence-electron chi connectivity index (χ0n) is 20.7. The largest absolute Gasteiger partial charge is 0.452 e. The first kappa shape index (κ1) is 26.7. The molecule has 8 nitrogen and oxygen atoms in total. The first-order chi connectivity index (χ1) is 17.8. The molecule has 0 saturated carbocycles. The molecule has 37 heavy (non-hydrogen) atoms. The minimum atomic E-state index is -0.626. The number of amides is 1. The summed E-state index contributed by atoms with van der Waals surface area (Å²) in [4.78, 5) is 26.7. The van der Waals surface area contributed by atoms with E-state index in [2.05, 4.69) is 15.3 Å². The van der Waals surface area contributed by atoms with Gasteiger partial charge in [-0.15, -0.1) is 0 Å². The summed E-state index contributed by atoms with van der Waals surface area (Å²) in [5, 5.41) is 8.41. The first-order valence-electron chi connectivity index (χ1n) is 11.9. The van der Waals surface area contributed by atoms with Crippen molar-refractivity contribution in [2.45, 2.75) is 20.4 Å². The van der Waals surface area contributed by atoms with Gasteiger partial charge in [-0.25, -0.2) is 4.79 Å². The van der Waals surface area contributed by atoms with Crippen LogP contribution in [0.5, 0.6) is 0 Å². The molecule has 1 aliphatic heterocycles. The second-order valence-corrected chi connectivity index (χ2v) is 9.39. The number of halogens is 2. The average molecular weight is 543 g/mol. The van der Waals surface area contributed by atoms with Gasteiger partial charge in [0.05, 0.1) is 25.5 Å². The van der Waals surface area contributed by atoms with Crippen LogP contribution in [-0.4, -0.2) is 54.6 Å². The van der Waals surface area contributed by atoms with Crippen molar-refractivity contribution in [2.75, 3.05) is 43.1 Å². The van der Waals surface area contributed by atoms with Crippen LogP contribution in [0.3, 0.4) is 0 Å². The number of hydrogen-bond donors (Lipinski definition) is 1. The minimum absolute atomic E-state index is 0.392. The molecule has 0 bridgehead atoms. The Morgan fingerprint density at radius 2 is 1.76 bits per heavy atom. The Kier molecular flexibility index (Phi) is 8.87. The Morgan fingerprint density at radius 1 is 1.08 bits per heavy atom. The second kappa shape index (κ2) is 12.3. The molecular formula is C27H28Cl2N4O4. The van der Waals surface area contributed by atoms with Crippen molar-refractivity contribution in [3.63, 3.8) is 0 Å². The van der Waals surface area contributed by atoms with Crippen LogP contribution >= 0.6 is 23.2 Å². The number of ether oxygens (including phenoxy) is 2. The highest BCUT2D eigenvalue weighted by Gasteiger charge is 2.14. The molecule has 0 unspecified atom stereocenters. The van der Waals surface area contributed by atoms with Gasteiger partial charge in [-0.3, -0.25) is 9.48 Å². The van der Waals surface area contributed by atoms with Gasteiger partial charge in [0.2, 0.25) is 0 Å². The molecule has 1 fully saturated rings. The number of nitrogens with zero attached hydrogens (tertiary/aromatic N) is 3. The van der Waals surface area contributed by atoms with Crippen molar-refractivity contribution >= 4 is 52.5 Å². The molecule has 10 heteroatoms. The summed E-state index contributed by atoms with van der Waals surface area (Å²) in [6.45, 7) is 6.84. The Bertz CT molecular complexity index is 1280. The monoisotopic (exact) mass is 542 g/mol. The van der Waals surface area contributed by atoms with Gasteiger partial charge >= 0.3 is 5.97 Å². The van der Waals surface area contributed by atoms with E-state index >= 15 is 0 Å². The van der Waals surface area contributed by atoms with Crippen LogP contribution in [0, 0.1) is 13.8 Å². The maximum atomic E-state index is 12.2. The predicted molar refractivity (Wildman–Crippen MR) is 145 cm³/mol. The van der Waals surface area contributed by atoms with Crippen LogP contribution in [0.4, 0.5) is 11.4 Å². The molecule has 1 aliphatic rings. The minimum Gasteiger partial charge on any atom is -0.452 e. The molecule has 3 aromatic rings.